The molecule has 0 spiro atoms. The van der Waals surface area contributed by atoms with Crippen molar-refractivity contribution in [3.05, 3.63) is 72.1 Å². The van der Waals surface area contributed by atoms with Crippen LogP contribution in [0.25, 0.3) is 11.1 Å². The van der Waals surface area contributed by atoms with Crippen molar-refractivity contribution in [3.63, 3.8) is 0 Å². The highest BCUT2D eigenvalue weighted by Gasteiger charge is 2.38. The van der Waals surface area contributed by atoms with Crippen LogP contribution in [0.5, 0.6) is 5.75 Å². The van der Waals surface area contributed by atoms with Crippen LogP contribution in [0.1, 0.15) is 28.8 Å². The molecule has 53 heavy (non-hydrogen) atoms. The minimum Gasteiger partial charge on any atom is -0.508 e. The molecule has 0 bridgehead atoms. The molecule has 290 valence electrons. The van der Waals surface area contributed by atoms with E-state index >= 15 is 0 Å². The maximum Gasteiger partial charge on any atom is 0.490 e. The summed E-state index contributed by atoms with van der Waals surface area (Å²) < 4.78 is 68.4. The Kier molecular flexibility index (Phi) is 17.3. The first-order chi connectivity index (χ1) is 24.8. The fraction of sp³-hybridized carbons (Fsp3) is 0.364. The first-order valence-corrected chi connectivity index (χ1v) is 16.5. The van der Waals surface area contributed by atoms with E-state index in [4.69, 9.17) is 24.5 Å². The van der Waals surface area contributed by atoms with Gasteiger partial charge in [-0.3, -0.25) is 14.7 Å². The number of rotatable bonds is 13. The van der Waals surface area contributed by atoms with Crippen molar-refractivity contribution in [2.24, 2.45) is 0 Å². The van der Waals surface area contributed by atoms with Crippen molar-refractivity contribution < 1.29 is 65.6 Å². The van der Waals surface area contributed by atoms with Crippen molar-refractivity contribution >= 4 is 41.2 Å². The molecular weight excluding hydrogens is 740 g/mol. The van der Waals surface area contributed by atoms with Crippen LogP contribution < -0.4 is 10.6 Å². The van der Waals surface area contributed by atoms with Crippen LogP contribution in [-0.4, -0.2) is 112 Å². The average molecular weight is 778 g/mol. The average Bonchev–Trinajstić information content (AvgIpc) is 3.82. The first-order valence-electron chi connectivity index (χ1n) is 15.5. The highest BCUT2D eigenvalue weighted by molar-refractivity contribution is 7.99. The number of anilines is 1. The van der Waals surface area contributed by atoms with Crippen LogP contribution in [0.15, 0.2) is 65.8 Å². The number of hydrogen-bond donors (Lipinski definition) is 6. The number of phenolic OH excluding ortho intramolecular Hbond substituents is 1. The largest absolute Gasteiger partial charge is 0.508 e. The van der Waals surface area contributed by atoms with Crippen LogP contribution in [0.3, 0.4) is 0 Å². The summed E-state index contributed by atoms with van der Waals surface area (Å²) in [6.07, 6.45) is -3.96. The number of amides is 2. The lowest BCUT2D eigenvalue weighted by molar-refractivity contribution is -0.193. The number of carbonyl (C=O) groups excluding carboxylic acids is 2. The summed E-state index contributed by atoms with van der Waals surface area (Å²) in [5.74, 6) is -5.23. The zero-order valence-corrected chi connectivity index (χ0v) is 29.0. The number of likely N-dealkylation sites (tertiary alicyclic amines) is 1. The lowest BCUT2D eigenvalue weighted by atomic mass is 10.0. The number of ether oxygens (including phenoxy) is 1. The number of nitrogens with zero attached hydrogens (tertiary/aromatic N) is 2. The molecule has 1 aromatic heterocycles. The summed E-state index contributed by atoms with van der Waals surface area (Å²) in [6.45, 7) is 8.01. The molecule has 0 radical (unpaired) electrons. The predicted molar refractivity (Wildman–Crippen MR) is 182 cm³/mol. The lowest BCUT2D eigenvalue weighted by Crippen LogP contribution is -2.27. The third-order valence-corrected chi connectivity index (χ3v) is 8.10. The third kappa shape index (κ3) is 15.6. The smallest absolute Gasteiger partial charge is 0.490 e. The second-order valence-corrected chi connectivity index (χ2v) is 12.2. The van der Waals surface area contributed by atoms with Gasteiger partial charge >= 0.3 is 24.3 Å². The van der Waals surface area contributed by atoms with Gasteiger partial charge in [-0.05, 0) is 67.4 Å². The summed E-state index contributed by atoms with van der Waals surface area (Å²) in [4.78, 5) is 46.8. The number of aliphatic carboxylic acids is 2. The van der Waals surface area contributed by atoms with Crippen molar-refractivity contribution in [2.45, 2.75) is 36.5 Å². The van der Waals surface area contributed by atoms with E-state index in [1.54, 1.807) is 31.1 Å². The summed E-state index contributed by atoms with van der Waals surface area (Å²) in [5, 5.41) is 37.3. The number of aromatic nitrogens is 2. The number of hydrogen-bond acceptors (Lipinski definition) is 9. The second-order valence-electron chi connectivity index (χ2n) is 11.0. The molecule has 4 rings (SSSR count). The van der Waals surface area contributed by atoms with Gasteiger partial charge in [0.2, 0.25) is 0 Å². The molecule has 3 aromatic rings. The molecule has 1 fully saturated rings. The maximum atomic E-state index is 13.2. The highest BCUT2D eigenvalue weighted by Crippen LogP contribution is 2.33. The number of carboxylic acid groups (broad SMARTS) is 2. The Balaban J connectivity index is 0.000000587. The van der Waals surface area contributed by atoms with Gasteiger partial charge in [-0.25, -0.2) is 9.59 Å². The minimum absolute atomic E-state index is 0.0000128. The predicted octanol–water partition coefficient (Wildman–Crippen LogP) is 5.35. The minimum atomic E-state index is -5.08. The number of carbonyl (C=O) groups is 4. The summed E-state index contributed by atoms with van der Waals surface area (Å²) in [5.41, 5.74) is 3.79. The number of phenols is 1. The molecule has 0 unspecified atom stereocenters. The zero-order valence-electron chi connectivity index (χ0n) is 28.1. The lowest BCUT2D eigenvalue weighted by Gasteiger charge is -2.16. The van der Waals surface area contributed by atoms with Gasteiger partial charge in [-0.1, -0.05) is 12.6 Å². The number of thioether (sulfide) groups is 1. The van der Waals surface area contributed by atoms with Crippen molar-refractivity contribution in [3.8, 4) is 16.9 Å². The number of aromatic hydroxyl groups is 1. The Labute approximate surface area is 303 Å². The standard InChI is InChI=1S/C29H35N5O4S.2C2HF3O2/c1-20(15-23-16-22(6-8-26(23)35)29(37)30-9-13-38-2)28(36)33-25-7-5-21(24-18-31-32-19-24)17-27(25)39-14-12-34-10-3-4-11-34;2*3-2(4,5)1(6)7/h5-8,16-19,35H,1,3-4,9-15H2,2H3,(H,30,37)(H,31,32)(H,33,36);2*(H,6,7). The van der Waals surface area contributed by atoms with Gasteiger partial charge < -0.3 is 35.6 Å². The SMILES string of the molecule is C=C(Cc1cc(C(=O)NCCOC)ccc1O)C(=O)Nc1ccc(-c2cn[nH]c2)cc1SCCN1CCCC1.O=C(O)C(F)(F)F.O=C(O)C(F)(F)F. The number of benzene rings is 2. The van der Waals surface area contributed by atoms with Crippen LogP contribution in [0.2, 0.25) is 0 Å². The number of halogens is 6. The molecule has 6 N–H and O–H groups in total. The van der Waals surface area contributed by atoms with Crippen LogP contribution in [-0.2, 0) is 25.5 Å². The molecule has 1 saturated heterocycles. The van der Waals surface area contributed by atoms with E-state index < -0.39 is 24.3 Å². The second kappa shape index (κ2) is 20.8. The number of methoxy groups -OCH3 is 1. The molecule has 2 amide bonds. The van der Waals surface area contributed by atoms with E-state index in [9.17, 15) is 41.0 Å². The van der Waals surface area contributed by atoms with Crippen molar-refractivity contribution in [1.29, 1.82) is 0 Å². The molecule has 0 saturated carbocycles. The van der Waals surface area contributed by atoms with Gasteiger partial charge in [0.15, 0.2) is 0 Å². The monoisotopic (exact) mass is 777 g/mol. The van der Waals surface area contributed by atoms with E-state index in [2.05, 4.69) is 38.4 Å². The Morgan fingerprint density at radius 2 is 1.60 bits per heavy atom. The molecule has 20 heteroatoms. The highest BCUT2D eigenvalue weighted by atomic mass is 32.2. The molecular formula is C33H37F6N5O8S. The van der Waals surface area contributed by atoms with E-state index in [1.165, 1.54) is 25.0 Å². The molecule has 2 heterocycles. The fourth-order valence-electron chi connectivity index (χ4n) is 4.38. The summed E-state index contributed by atoms with van der Waals surface area (Å²) >= 11 is 1.71. The summed E-state index contributed by atoms with van der Waals surface area (Å²) in [7, 11) is 1.56. The Hall–Kier alpha value is -5.08. The third-order valence-electron chi connectivity index (χ3n) is 7.07. The quantitative estimate of drug-likeness (QED) is 0.0567. The van der Waals surface area contributed by atoms with Crippen molar-refractivity contribution in [1.82, 2.24) is 20.4 Å². The number of aromatic amines is 1. The molecule has 0 aliphatic carbocycles. The number of H-pyrrole nitrogens is 1. The van der Waals surface area contributed by atoms with E-state index in [0.29, 0.717) is 30.0 Å². The maximum absolute atomic E-state index is 13.2. The number of nitrogens with one attached hydrogen (secondary N) is 3. The van der Waals surface area contributed by atoms with Gasteiger partial charge in [0.1, 0.15) is 5.75 Å². The van der Waals surface area contributed by atoms with Gasteiger partial charge in [-0.2, -0.15) is 31.4 Å². The Bertz CT molecular complexity index is 1670. The van der Waals surface area contributed by atoms with Crippen molar-refractivity contribution in [2.75, 3.05) is 51.0 Å². The zero-order chi connectivity index (χ0) is 39.8. The van der Waals surface area contributed by atoms with Gasteiger partial charge in [0.05, 0.1) is 18.5 Å². The number of alkyl halides is 6. The number of carboxylic acids is 2. The van der Waals surface area contributed by atoms with Gasteiger partial charge in [0.25, 0.3) is 11.8 Å². The molecule has 1 aliphatic rings. The van der Waals surface area contributed by atoms with E-state index in [-0.39, 0.29) is 29.6 Å². The van der Waals surface area contributed by atoms with Crippen LogP contribution >= 0.6 is 11.8 Å². The van der Waals surface area contributed by atoms with Gasteiger partial charge in [0, 0.05) is 60.2 Å². The molecule has 13 nitrogen and oxygen atoms in total. The summed E-state index contributed by atoms with van der Waals surface area (Å²) in [6, 6.07) is 10.5. The fourth-order valence-corrected chi connectivity index (χ4v) is 5.44. The molecule has 0 atom stereocenters. The molecule has 1 aliphatic heterocycles. The topological polar surface area (TPSA) is 194 Å². The van der Waals surface area contributed by atoms with E-state index in [0.717, 1.165) is 41.4 Å². The Morgan fingerprint density at radius 1 is 0.981 bits per heavy atom. The van der Waals surface area contributed by atoms with Crippen LogP contribution in [0, 0.1) is 0 Å². The van der Waals surface area contributed by atoms with E-state index in [1.807, 2.05) is 18.3 Å². The van der Waals surface area contributed by atoms with Gasteiger partial charge in [-0.15, -0.1) is 11.8 Å². The molecule has 2 aromatic carbocycles. The Morgan fingerprint density at radius 3 is 2.15 bits per heavy atom. The first kappa shape index (κ1) is 44.1. The van der Waals surface area contributed by atoms with Crippen LogP contribution in [0.4, 0.5) is 32.0 Å². The normalized spacial score (nSPS) is 12.8.